The van der Waals surface area contributed by atoms with Crippen molar-refractivity contribution in [2.45, 2.75) is 6.92 Å². The van der Waals surface area contributed by atoms with E-state index in [-0.39, 0.29) is 22.8 Å². The molecular formula is C16H11BrN4O4. The number of aryl methyl sites for hydroxylation is 1. The van der Waals surface area contributed by atoms with E-state index in [1.165, 1.54) is 18.2 Å². The molecule has 0 bridgehead atoms. The third kappa shape index (κ3) is 3.26. The number of nitro groups is 1. The summed E-state index contributed by atoms with van der Waals surface area (Å²) in [5.41, 5.74) is 1.50. The van der Waals surface area contributed by atoms with Gasteiger partial charge in [0.25, 0.3) is 11.6 Å². The Labute approximate surface area is 149 Å². The zero-order valence-corrected chi connectivity index (χ0v) is 14.4. The van der Waals surface area contributed by atoms with Crippen LogP contribution in [0.2, 0.25) is 0 Å². The third-order valence-corrected chi connectivity index (χ3v) is 4.13. The van der Waals surface area contributed by atoms with Crippen LogP contribution in [0, 0.1) is 17.0 Å². The second-order valence-electron chi connectivity index (χ2n) is 5.30. The number of aromatic nitrogens is 1. The van der Waals surface area contributed by atoms with Crippen molar-refractivity contribution in [2.24, 2.45) is 10.2 Å². The molecule has 0 unspecified atom stereocenters. The first-order valence-electron chi connectivity index (χ1n) is 7.08. The normalized spacial score (nSPS) is 11.3. The molecule has 0 atom stereocenters. The lowest BCUT2D eigenvalue weighted by atomic mass is 10.1. The molecule has 1 aromatic heterocycles. The number of aromatic hydroxyl groups is 1. The molecule has 0 aliphatic carbocycles. The maximum absolute atomic E-state index is 12.1. The number of halogens is 1. The summed E-state index contributed by atoms with van der Waals surface area (Å²) < 4.78 is 0.740. The number of fused-ring (bicyclic) bond motifs is 1. The predicted octanol–water partition coefficient (Wildman–Crippen LogP) is 4.78. The first-order chi connectivity index (χ1) is 11.9. The number of benzene rings is 2. The fourth-order valence-electron chi connectivity index (χ4n) is 2.37. The van der Waals surface area contributed by atoms with Crippen LogP contribution in [0.4, 0.5) is 11.4 Å². The van der Waals surface area contributed by atoms with Crippen LogP contribution in [0.5, 0.6) is 5.88 Å². The Hall–Kier alpha value is -3.07. The van der Waals surface area contributed by atoms with Crippen LogP contribution in [0.1, 0.15) is 15.9 Å². The Bertz CT molecular complexity index is 1040. The lowest BCUT2D eigenvalue weighted by molar-refractivity contribution is -0.384. The standard InChI is InChI=1S/C16H11BrN4O4/c1-8-5-11-13(12(17)6-8)18-16(23)14(11)19-20-15(22)9-3-2-4-10(7-9)21(24)25/h2-7,18,23H,1H3. The van der Waals surface area contributed by atoms with E-state index in [1.807, 2.05) is 13.0 Å². The fraction of sp³-hybridized carbons (Fsp3) is 0.0625. The number of nitrogens with one attached hydrogen (secondary N) is 1. The Morgan fingerprint density at radius 1 is 1.32 bits per heavy atom. The number of carbonyl (C=O) groups is 1. The zero-order valence-electron chi connectivity index (χ0n) is 12.9. The molecule has 9 heteroatoms. The van der Waals surface area contributed by atoms with Gasteiger partial charge in [-0.3, -0.25) is 14.9 Å². The van der Waals surface area contributed by atoms with E-state index in [0.717, 1.165) is 16.1 Å². The molecular weight excluding hydrogens is 392 g/mol. The highest BCUT2D eigenvalue weighted by Gasteiger charge is 2.15. The van der Waals surface area contributed by atoms with Gasteiger partial charge in [-0.15, -0.1) is 10.2 Å². The van der Waals surface area contributed by atoms with E-state index in [1.54, 1.807) is 6.07 Å². The van der Waals surface area contributed by atoms with E-state index in [0.29, 0.717) is 10.9 Å². The van der Waals surface area contributed by atoms with Gasteiger partial charge in [-0.05, 0) is 46.6 Å². The van der Waals surface area contributed by atoms with Gasteiger partial charge >= 0.3 is 0 Å². The lowest BCUT2D eigenvalue weighted by Crippen LogP contribution is -1.95. The minimum Gasteiger partial charge on any atom is -0.493 e. The molecule has 0 aliphatic rings. The van der Waals surface area contributed by atoms with Gasteiger partial charge in [0.05, 0.1) is 16.0 Å². The topological polar surface area (TPSA) is 121 Å². The number of amides is 1. The van der Waals surface area contributed by atoms with Gasteiger partial charge in [-0.2, -0.15) is 0 Å². The van der Waals surface area contributed by atoms with Gasteiger partial charge in [0, 0.05) is 22.0 Å². The van der Waals surface area contributed by atoms with Crippen LogP contribution >= 0.6 is 15.9 Å². The van der Waals surface area contributed by atoms with E-state index in [2.05, 4.69) is 31.1 Å². The monoisotopic (exact) mass is 402 g/mol. The number of hydrogen-bond donors (Lipinski definition) is 2. The number of rotatable bonds is 3. The summed E-state index contributed by atoms with van der Waals surface area (Å²) in [6.07, 6.45) is 0. The molecule has 0 aliphatic heterocycles. The van der Waals surface area contributed by atoms with Crippen LogP contribution < -0.4 is 0 Å². The highest BCUT2D eigenvalue weighted by atomic mass is 79.9. The Morgan fingerprint density at radius 2 is 2.08 bits per heavy atom. The average Bonchev–Trinajstić information content (AvgIpc) is 2.88. The second-order valence-corrected chi connectivity index (χ2v) is 6.16. The van der Waals surface area contributed by atoms with Crippen molar-refractivity contribution in [1.29, 1.82) is 0 Å². The quantitative estimate of drug-likeness (QED) is 0.371. The van der Waals surface area contributed by atoms with E-state index >= 15 is 0 Å². The summed E-state index contributed by atoms with van der Waals surface area (Å²) in [5, 5.41) is 28.8. The summed E-state index contributed by atoms with van der Waals surface area (Å²) in [5.74, 6) is -0.971. The Balaban J connectivity index is 1.98. The smallest absolute Gasteiger partial charge is 0.295 e. The predicted molar refractivity (Wildman–Crippen MR) is 94.3 cm³/mol. The number of non-ortho nitro benzene ring substituents is 1. The number of nitro benzene ring substituents is 1. The first-order valence-corrected chi connectivity index (χ1v) is 7.87. The number of nitrogens with zero attached hydrogens (tertiary/aromatic N) is 3. The highest BCUT2D eigenvalue weighted by Crippen LogP contribution is 2.39. The van der Waals surface area contributed by atoms with Crippen LogP contribution in [0.3, 0.4) is 0 Å². The summed E-state index contributed by atoms with van der Waals surface area (Å²) >= 11 is 3.39. The van der Waals surface area contributed by atoms with Crippen LogP contribution in [0.15, 0.2) is 51.1 Å². The van der Waals surface area contributed by atoms with Crippen molar-refractivity contribution in [3.8, 4) is 5.88 Å². The molecule has 8 nitrogen and oxygen atoms in total. The van der Waals surface area contributed by atoms with Crippen molar-refractivity contribution in [2.75, 3.05) is 0 Å². The van der Waals surface area contributed by atoms with Crippen LogP contribution in [-0.2, 0) is 0 Å². The molecule has 1 heterocycles. The average molecular weight is 403 g/mol. The van der Waals surface area contributed by atoms with Crippen molar-refractivity contribution in [3.05, 3.63) is 62.1 Å². The molecule has 3 aromatic rings. The van der Waals surface area contributed by atoms with Gasteiger partial charge in [-0.1, -0.05) is 6.07 Å². The number of aromatic amines is 1. The minimum atomic E-state index is -0.746. The Kier molecular flexibility index (Phi) is 4.32. The zero-order chi connectivity index (χ0) is 18.1. The van der Waals surface area contributed by atoms with Gasteiger partial charge in [-0.25, -0.2) is 0 Å². The van der Waals surface area contributed by atoms with Gasteiger partial charge in [0.1, 0.15) is 0 Å². The number of carbonyl (C=O) groups excluding carboxylic acids is 1. The molecule has 1 amide bonds. The molecule has 25 heavy (non-hydrogen) atoms. The van der Waals surface area contributed by atoms with E-state index in [4.69, 9.17) is 0 Å². The first kappa shape index (κ1) is 16.8. The second kappa shape index (κ2) is 6.44. The number of H-pyrrole nitrogens is 1. The van der Waals surface area contributed by atoms with E-state index < -0.39 is 10.8 Å². The molecule has 3 rings (SSSR count). The SMILES string of the molecule is Cc1cc(Br)c2[nH]c(O)c(N=NC(=O)c3cccc([N+](=O)[O-])c3)c2c1. The Morgan fingerprint density at radius 3 is 2.80 bits per heavy atom. The van der Waals surface area contributed by atoms with Gasteiger partial charge < -0.3 is 10.1 Å². The summed E-state index contributed by atoms with van der Waals surface area (Å²) in [4.78, 5) is 25.1. The molecule has 0 spiro atoms. The van der Waals surface area contributed by atoms with Crippen molar-refractivity contribution in [1.82, 2.24) is 4.98 Å². The lowest BCUT2D eigenvalue weighted by Gasteiger charge is -1.98. The van der Waals surface area contributed by atoms with Crippen LogP contribution in [0.25, 0.3) is 10.9 Å². The van der Waals surface area contributed by atoms with Crippen molar-refractivity contribution in [3.63, 3.8) is 0 Å². The maximum atomic E-state index is 12.1. The van der Waals surface area contributed by atoms with E-state index in [9.17, 15) is 20.0 Å². The molecule has 0 fully saturated rings. The van der Waals surface area contributed by atoms with Crippen molar-refractivity contribution < 1.29 is 14.8 Å². The number of azo groups is 1. The highest BCUT2D eigenvalue weighted by molar-refractivity contribution is 9.10. The van der Waals surface area contributed by atoms with Crippen molar-refractivity contribution >= 4 is 44.1 Å². The summed E-state index contributed by atoms with van der Waals surface area (Å²) in [6.45, 7) is 1.88. The maximum Gasteiger partial charge on any atom is 0.295 e. The molecule has 126 valence electrons. The minimum absolute atomic E-state index is 0.0367. The largest absolute Gasteiger partial charge is 0.493 e. The third-order valence-electron chi connectivity index (χ3n) is 3.50. The molecule has 2 N–H and O–H groups in total. The molecule has 0 saturated carbocycles. The molecule has 0 radical (unpaired) electrons. The summed E-state index contributed by atoms with van der Waals surface area (Å²) in [6, 6.07) is 8.86. The number of hydrogen-bond acceptors (Lipinski definition) is 5. The molecule has 0 saturated heterocycles. The van der Waals surface area contributed by atoms with Gasteiger partial charge in [0.15, 0.2) is 5.69 Å². The summed E-state index contributed by atoms with van der Waals surface area (Å²) in [7, 11) is 0. The van der Waals surface area contributed by atoms with Gasteiger partial charge in [0.2, 0.25) is 5.88 Å². The molecule has 2 aromatic carbocycles. The van der Waals surface area contributed by atoms with Crippen LogP contribution in [-0.4, -0.2) is 20.9 Å². The fourth-order valence-corrected chi connectivity index (χ4v) is 3.04.